The Morgan fingerprint density at radius 2 is 1.80 bits per heavy atom. The largest absolute Gasteiger partial charge is 0.260 e. The van der Waals surface area contributed by atoms with E-state index in [2.05, 4.69) is 9.71 Å². The van der Waals surface area contributed by atoms with Crippen LogP contribution in [-0.2, 0) is 10.0 Å². The van der Waals surface area contributed by atoms with Crippen LogP contribution in [0.1, 0.15) is 24.2 Å². The van der Waals surface area contributed by atoms with Gasteiger partial charge in [-0.15, -0.1) is 0 Å². The minimum atomic E-state index is -3.50. The van der Waals surface area contributed by atoms with Gasteiger partial charge in [-0.25, -0.2) is 13.1 Å². The van der Waals surface area contributed by atoms with E-state index in [1.807, 2.05) is 36.4 Å². The zero-order chi connectivity index (χ0) is 14.4. The van der Waals surface area contributed by atoms with Crippen LogP contribution < -0.4 is 4.72 Å². The van der Waals surface area contributed by atoms with E-state index in [0.717, 1.165) is 5.56 Å². The molecule has 4 nitrogen and oxygen atoms in total. The standard InChI is InChI=1S/C15H16N2O2S/c1-13(15-9-5-6-11-16-15)17-20(18,19)12-10-14-7-3-2-4-8-14/h2-13,17H,1H3. The maximum absolute atomic E-state index is 12.0. The minimum absolute atomic E-state index is 0.373. The van der Waals surface area contributed by atoms with Crippen molar-refractivity contribution < 1.29 is 8.42 Å². The highest BCUT2D eigenvalue weighted by Gasteiger charge is 2.13. The lowest BCUT2D eigenvalue weighted by molar-refractivity contribution is 0.573. The van der Waals surface area contributed by atoms with E-state index < -0.39 is 10.0 Å². The first-order valence-electron chi connectivity index (χ1n) is 6.23. The van der Waals surface area contributed by atoms with Crippen molar-refractivity contribution >= 4 is 16.1 Å². The predicted molar refractivity (Wildman–Crippen MR) is 80.2 cm³/mol. The SMILES string of the molecule is CC(NS(=O)(=O)C=Cc1ccccc1)c1ccccn1. The van der Waals surface area contributed by atoms with Gasteiger partial charge in [0.05, 0.1) is 11.7 Å². The van der Waals surface area contributed by atoms with E-state index in [1.165, 1.54) is 5.41 Å². The zero-order valence-corrected chi connectivity index (χ0v) is 11.9. The van der Waals surface area contributed by atoms with Crippen molar-refractivity contribution in [3.05, 3.63) is 71.4 Å². The predicted octanol–water partition coefficient (Wildman–Crippen LogP) is 2.73. The van der Waals surface area contributed by atoms with E-state index in [9.17, 15) is 8.42 Å². The molecule has 0 saturated carbocycles. The maximum Gasteiger partial charge on any atom is 0.234 e. The molecule has 1 unspecified atom stereocenters. The molecular weight excluding hydrogens is 272 g/mol. The molecule has 1 atom stereocenters. The summed E-state index contributed by atoms with van der Waals surface area (Å²) >= 11 is 0. The molecule has 104 valence electrons. The van der Waals surface area contributed by atoms with Gasteiger partial charge < -0.3 is 0 Å². The van der Waals surface area contributed by atoms with Crippen LogP contribution in [0.4, 0.5) is 0 Å². The van der Waals surface area contributed by atoms with E-state index >= 15 is 0 Å². The topological polar surface area (TPSA) is 59.1 Å². The number of rotatable bonds is 5. The molecule has 0 aliphatic carbocycles. The zero-order valence-electron chi connectivity index (χ0n) is 11.1. The van der Waals surface area contributed by atoms with Crippen LogP contribution in [0.25, 0.3) is 6.08 Å². The van der Waals surface area contributed by atoms with Crippen molar-refractivity contribution in [2.45, 2.75) is 13.0 Å². The molecule has 1 N–H and O–H groups in total. The number of pyridine rings is 1. The molecule has 2 rings (SSSR count). The van der Waals surface area contributed by atoms with E-state index in [0.29, 0.717) is 5.69 Å². The van der Waals surface area contributed by atoms with Gasteiger partial charge in [0.2, 0.25) is 10.0 Å². The van der Waals surface area contributed by atoms with Crippen LogP contribution in [0.15, 0.2) is 60.1 Å². The molecule has 5 heteroatoms. The third kappa shape index (κ3) is 4.29. The second-order valence-corrected chi connectivity index (χ2v) is 5.95. The lowest BCUT2D eigenvalue weighted by atomic mass is 10.2. The maximum atomic E-state index is 12.0. The lowest BCUT2D eigenvalue weighted by Crippen LogP contribution is -2.25. The Balaban J connectivity index is 2.06. The normalized spacial score (nSPS) is 13.4. The monoisotopic (exact) mass is 288 g/mol. The fourth-order valence-electron chi connectivity index (χ4n) is 1.71. The Labute approximate surface area is 119 Å². The summed E-state index contributed by atoms with van der Waals surface area (Å²) in [5, 5.41) is 1.17. The third-order valence-electron chi connectivity index (χ3n) is 2.71. The van der Waals surface area contributed by atoms with E-state index in [1.54, 1.807) is 31.3 Å². The highest BCUT2D eigenvalue weighted by atomic mass is 32.2. The number of aromatic nitrogens is 1. The van der Waals surface area contributed by atoms with Gasteiger partial charge in [-0.05, 0) is 30.7 Å². The summed E-state index contributed by atoms with van der Waals surface area (Å²) in [6, 6.07) is 14.3. The molecule has 1 heterocycles. The van der Waals surface area contributed by atoms with Crippen LogP contribution in [-0.4, -0.2) is 13.4 Å². The molecule has 0 bridgehead atoms. The average molecular weight is 288 g/mol. The Morgan fingerprint density at radius 3 is 2.45 bits per heavy atom. The summed E-state index contributed by atoms with van der Waals surface area (Å²) in [7, 11) is -3.50. The summed E-state index contributed by atoms with van der Waals surface area (Å²) in [5.74, 6) is 0. The van der Waals surface area contributed by atoms with Gasteiger partial charge in [-0.3, -0.25) is 4.98 Å². The smallest absolute Gasteiger partial charge is 0.234 e. The van der Waals surface area contributed by atoms with Gasteiger partial charge in [0.1, 0.15) is 0 Å². The van der Waals surface area contributed by atoms with Gasteiger partial charge in [-0.2, -0.15) is 0 Å². The van der Waals surface area contributed by atoms with E-state index in [4.69, 9.17) is 0 Å². The summed E-state index contributed by atoms with van der Waals surface area (Å²) in [6.07, 6.45) is 3.20. The van der Waals surface area contributed by atoms with Crippen LogP contribution >= 0.6 is 0 Å². The summed E-state index contributed by atoms with van der Waals surface area (Å²) < 4.78 is 26.5. The Kier molecular flexibility index (Phi) is 4.65. The van der Waals surface area contributed by atoms with Crippen LogP contribution in [0.3, 0.4) is 0 Å². The summed E-state index contributed by atoms with van der Waals surface area (Å²) in [5.41, 5.74) is 1.52. The molecule has 1 aromatic heterocycles. The highest BCUT2D eigenvalue weighted by Crippen LogP contribution is 2.11. The van der Waals surface area contributed by atoms with Crippen LogP contribution in [0.2, 0.25) is 0 Å². The summed E-state index contributed by atoms with van der Waals surface area (Å²) in [4.78, 5) is 4.13. The molecule has 20 heavy (non-hydrogen) atoms. The molecule has 1 aromatic carbocycles. The Bertz CT molecular complexity index is 668. The highest BCUT2D eigenvalue weighted by molar-refractivity contribution is 7.92. The number of sulfonamides is 1. The first-order valence-corrected chi connectivity index (χ1v) is 7.78. The number of benzene rings is 1. The first kappa shape index (κ1) is 14.4. The van der Waals surface area contributed by atoms with Crippen molar-refractivity contribution in [3.63, 3.8) is 0 Å². The molecule has 0 aliphatic heterocycles. The molecule has 0 aliphatic rings. The number of nitrogens with zero attached hydrogens (tertiary/aromatic N) is 1. The molecule has 0 spiro atoms. The second kappa shape index (κ2) is 6.45. The summed E-state index contributed by atoms with van der Waals surface area (Å²) in [6.45, 7) is 1.76. The molecule has 0 fully saturated rings. The average Bonchev–Trinajstić information content (AvgIpc) is 2.47. The van der Waals surface area contributed by atoms with Crippen LogP contribution in [0.5, 0.6) is 0 Å². The number of nitrogens with one attached hydrogen (secondary N) is 1. The van der Waals surface area contributed by atoms with Crippen LogP contribution in [0, 0.1) is 0 Å². The van der Waals surface area contributed by atoms with Crippen molar-refractivity contribution in [2.24, 2.45) is 0 Å². The van der Waals surface area contributed by atoms with Gasteiger partial charge in [-0.1, -0.05) is 36.4 Å². The van der Waals surface area contributed by atoms with E-state index in [-0.39, 0.29) is 6.04 Å². The van der Waals surface area contributed by atoms with Crippen molar-refractivity contribution in [1.29, 1.82) is 0 Å². The fraction of sp³-hybridized carbons (Fsp3) is 0.133. The third-order valence-corrected chi connectivity index (χ3v) is 3.89. The molecule has 0 radical (unpaired) electrons. The molecule has 0 saturated heterocycles. The minimum Gasteiger partial charge on any atom is -0.260 e. The van der Waals surface area contributed by atoms with Gasteiger partial charge in [0, 0.05) is 11.6 Å². The molecule has 0 amide bonds. The Morgan fingerprint density at radius 1 is 1.10 bits per heavy atom. The van der Waals surface area contributed by atoms with Crippen molar-refractivity contribution in [3.8, 4) is 0 Å². The van der Waals surface area contributed by atoms with Gasteiger partial charge in [0.25, 0.3) is 0 Å². The first-order chi connectivity index (χ1) is 9.57. The Hall–Kier alpha value is -1.98. The quantitative estimate of drug-likeness (QED) is 0.920. The number of hydrogen-bond acceptors (Lipinski definition) is 3. The fourth-order valence-corrected chi connectivity index (χ4v) is 2.74. The van der Waals surface area contributed by atoms with Gasteiger partial charge in [0.15, 0.2) is 0 Å². The van der Waals surface area contributed by atoms with Gasteiger partial charge >= 0.3 is 0 Å². The van der Waals surface area contributed by atoms with Crippen molar-refractivity contribution in [2.75, 3.05) is 0 Å². The van der Waals surface area contributed by atoms with Crippen molar-refractivity contribution in [1.82, 2.24) is 9.71 Å². The molecular formula is C15H16N2O2S. The second-order valence-electron chi connectivity index (χ2n) is 4.35. The number of hydrogen-bond donors (Lipinski definition) is 1. The molecule has 2 aromatic rings. The lowest BCUT2D eigenvalue weighted by Gasteiger charge is -2.11.